The molecule has 0 saturated carbocycles. The number of halogens is 2. The van der Waals surface area contributed by atoms with Crippen molar-refractivity contribution in [1.82, 2.24) is 30.5 Å². The molecule has 0 spiro atoms. The number of aromatic nitrogens is 5. The molecule has 0 fully saturated rings. The number of amides is 1. The first-order valence-electron chi connectivity index (χ1n) is 10.2. The Balaban J connectivity index is 1.49. The molecule has 5 rings (SSSR count). The molecular weight excluding hydrogens is 443 g/mol. The quantitative estimate of drug-likeness (QED) is 0.388. The van der Waals surface area contributed by atoms with Crippen LogP contribution in [0.2, 0.25) is 5.02 Å². The van der Waals surface area contributed by atoms with E-state index in [2.05, 4.69) is 25.9 Å². The van der Waals surface area contributed by atoms with Crippen LogP contribution < -0.4 is 5.32 Å². The molecule has 2 heterocycles. The van der Waals surface area contributed by atoms with Crippen molar-refractivity contribution in [2.75, 3.05) is 0 Å². The highest BCUT2D eigenvalue weighted by Crippen LogP contribution is 2.28. The average Bonchev–Trinajstić information content (AvgIpc) is 3.48. The molecule has 2 N–H and O–H groups in total. The lowest BCUT2D eigenvalue weighted by Crippen LogP contribution is -2.22. The number of nitrogens with zero attached hydrogens (tertiary/aromatic N) is 4. The third-order valence-electron chi connectivity index (χ3n) is 5.36. The number of carbonyl (C=O) groups is 1. The SMILES string of the molecule is O=C(NCc1ccccc1)c1ccc2c(c1)cc(-c1nn[nH]n1)n2Cc1ccc(Cl)c(F)c1. The van der Waals surface area contributed by atoms with Gasteiger partial charge in [0.25, 0.3) is 5.91 Å². The van der Waals surface area contributed by atoms with Gasteiger partial charge in [0.2, 0.25) is 5.82 Å². The van der Waals surface area contributed by atoms with Gasteiger partial charge < -0.3 is 9.88 Å². The first kappa shape index (κ1) is 20.8. The number of fused-ring (bicyclic) bond motifs is 1. The molecule has 9 heteroatoms. The molecule has 0 unspecified atom stereocenters. The van der Waals surface area contributed by atoms with Crippen molar-refractivity contribution in [3.05, 3.63) is 100 Å². The summed E-state index contributed by atoms with van der Waals surface area (Å²) in [7, 11) is 0. The minimum Gasteiger partial charge on any atom is -0.348 e. The summed E-state index contributed by atoms with van der Waals surface area (Å²) in [5, 5.41) is 18.1. The van der Waals surface area contributed by atoms with E-state index in [1.807, 2.05) is 53.1 Å². The summed E-state index contributed by atoms with van der Waals surface area (Å²) in [5.41, 5.74) is 3.82. The second-order valence-electron chi connectivity index (χ2n) is 7.54. The maximum atomic E-state index is 14.0. The lowest BCUT2D eigenvalue weighted by molar-refractivity contribution is 0.0951. The van der Waals surface area contributed by atoms with Gasteiger partial charge in [0.1, 0.15) is 5.82 Å². The predicted octanol–water partition coefficient (Wildman–Crippen LogP) is 4.59. The Morgan fingerprint density at radius 3 is 2.64 bits per heavy atom. The van der Waals surface area contributed by atoms with Gasteiger partial charge in [-0.3, -0.25) is 4.79 Å². The molecule has 1 amide bonds. The van der Waals surface area contributed by atoms with Crippen LogP contribution in [0.1, 0.15) is 21.5 Å². The fourth-order valence-corrected chi connectivity index (χ4v) is 3.86. The van der Waals surface area contributed by atoms with Crippen LogP contribution in [0.5, 0.6) is 0 Å². The van der Waals surface area contributed by atoms with Crippen LogP contribution >= 0.6 is 11.6 Å². The number of tetrazole rings is 1. The molecule has 0 atom stereocenters. The Kier molecular flexibility index (Phi) is 5.58. The van der Waals surface area contributed by atoms with Crippen LogP contribution in [0, 0.1) is 5.82 Å². The van der Waals surface area contributed by atoms with E-state index in [1.165, 1.54) is 12.1 Å². The van der Waals surface area contributed by atoms with Crippen molar-refractivity contribution in [3.63, 3.8) is 0 Å². The first-order chi connectivity index (χ1) is 16.1. The molecule has 0 bridgehead atoms. The molecule has 164 valence electrons. The second-order valence-corrected chi connectivity index (χ2v) is 7.95. The standard InChI is InChI=1S/C24H18ClFN6O/c25-19-8-6-16(10-20(19)26)14-32-21-9-7-17(24(33)27-13-15-4-2-1-3-5-15)11-18(21)12-22(32)23-28-30-31-29-23/h1-12H,13-14H2,(H,27,33)(H,28,29,30,31). The minimum absolute atomic E-state index is 0.0701. The normalized spacial score (nSPS) is 11.1. The third-order valence-corrected chi connectivity index (χ3v) is 5.67. The van der Waals surface area contributed by atoms with Crippen molar-refractivity contribution < 1.29 is 9.18 Å². The van der Waals surface area contributed by atoms with Gasteiger partial charge in [-0.2, -0.15) is 5.21 Å². The fraction of sp³-hybridized carbons (Fsp3) is 0.0833. The van der Waals surface area contributed by atoms with Crippen LogP contribution in [0.25, 0.3) is 22.4 Å². The van der Waals surface area contributed by atoms with Gasteiger partial charge >= 0.3 is 0 Å². The van der Waals surface area contributed by atoms with E-state index in [-0.39, 0.29) is 10.9 Å². The van der Waals surface area contributed by atoms with Crippen LogP contribution in [0.3, 0.4) is 0 Å². The van der Waals surface area contributed by atoms with Crippen molar-refractivity contribution in [3.8, 4) is 11.5 Å². The van der Waals surface area contributed by atoms with Gasteiger partial charge in [0.15, 0.2) is 0 Å². The van der Waals surface area contributed by atoms with E-state index < -0.39 is 5.82 Å². The number of rotatable bonds is 6. The fourth-order valence-electron chi connectivity index (χ4n) is 3.74. The number of hydrogen-bond donors (Lipinski definition) is 2. The van der Waals surface area contributed by atoms with Gasteiger partial charge in [0.05, 0.1) is 10.7 Å². The molecule has 7 nitrogen and oxygen atoms in total. The zero-order valence-corrected chi connectivity index (χ0v) is 18.1. The number of aromatic amines is 1. The van der Waals surface area contributed by atoms with Crippen molar-refractivity contribution >= 4 is 28.4 Å². The Bertz CT molecular complexity index is 1430. The number of carbonyl (C=O) groups excluding carboxylic acids is 1. The summed E-state index contributed by atoms with van der Waals surface area (Å²) < 4.78 is 16.0. The van der Waals surface area contributed by atoms with Gasteiger partial charge in [-0.1, -0.05) is 48.0 Å². The zero-order valence-electron chi connectivity index (χ0n) is 17.3. The number of H-pyrrole nitrogens is 1. The first-order valence-corrected chi connectivity index (χ1v) is 10.6. The summed E-state index contributed by atoms with van der Waals surface area (Å²) in [6.45, 7) is 0.802. The third kappa shape index (κ3) is 4.33. The summed E-state index contributed by atoms with van der Waals surface area (Å²) in [6, 6.07) is 21.8. The highest BCUT2D eigenvalue weighted by atomic mass is 35.5. The molecule has 0 radical (unpaired) electrons. The molecule has 0 aliphatic carbocycles. The second kappa shape index (κ2) is 8.84. The molecule has 0 saturated heterocycles. The van der Waals surface area contributed by atoms with Crippen molar-refractivity contribution in [1.29, 1.82) is 0 Å². The Labute approximate surface area is 193 Å². The summed E-state index contributed by atoms with van der Waals surface area (Å²) in [6.07, 6.45) is 0. The average molecular weight is 461 g/mol. The van der Waals surface area contributed by atoms with E-state index in [0.717, 1.165) is 22.0 Å². The summed E-state index contributed by atoms with van der Waals surface area (Å²) >= 11 is 5.83. The highest BCUT2D eigenvalue weighted by molar-refractivity contribution is 6.30. The predicted molar refractivity (Wildman–Crippen MR) is 123 cm³/mol. The van der Waals surface area contributed by atoms with Crippen LogP contribution in [0.15, 0.2) is 72.8 Å². The van der Waals surface area contributed by atoms with Gasteiger partial charge in [-0.25, -0.2) is 4.39 Å². The highest BCUT2D eigenvalue weighted by Gasteiger charge is 2.17. The number of nitrogens with one attached hydrogen (secondary N) is 2. The molecule has 3 aromatic carbocycles. The van der Waals surface area contributed by atoms with E-state index in [0.29, 0.717) is 30.2 Å². The van der Waals surface area contributed by atoms with Crippen LogP contribution in [-0.4, -0.2) is 31.1 Å². The molecule has 0 aliphatic heterocycles. The van der Waals surface area contributed by atoms with E-state index in [4.69, 9.17) is 11.6 Å². The summed E-state index contributed by atoms with van der Waals surface area (Å²) in [5.74, 6) is -0.255. The molecule has 5 aromatic rings. The Morgan fingerprint density at radius 2 is 1.88 bits per heavy atom. The molecule has 33 heavy (non-hydrogen) atoms. The van der Waals surface area contributed by atoms with E-state index >= 15 is 0 Å². The maximum Gasteiger partial charge on any atom is 0.251 e. The van der Waals surface area contributed by atoms with E-state index in [1.54, 1.807) is 12.1 Å². The lowest BCUT2D eigenvalue weighted by atomic mass is 10.1. The topological polar surface area (TPSA) is 88.5 Å². The van der Waals surface area contributed by atoms with Crippen LogP contribution in [-0.2, 0) is 13.1 Å². The maximum absolute atomic E-state index is 14.0. The van der Waals surface area contributed by atoms with Crippen LogP contribution in [0.4, 0.5) is 4.39 Å². The van der Waals surface area contributed by atoms with Crippen molar-refractivity contribution in [2.45, 2.75) is 13.1 Å². The Morgan fingerprint density at radius 1 is 1.03 bits per heavy atom. The molecule has 2 aromatic heterocycles. The molecule has 0 aliphatic rings. The largest absolute Gasteiger partial charge is 0.348 e. The van der Waals surface area contributed by atoms with Gasteiger partial charge in [-0.05, 0) is 52.7 Å². The smallest absolute Gasteiger partial charge is 0.251 e. The minimum atomic E-state index is -0.482. The Hall–Kier alpha value is -4.04. The summed E-state index contributed by atoms with van der Waals surface area (Å²) in [4.78, 5) is 12.7. The lowest BCUT2D eigenvalue weighted by Gasteiger charge is -2.10. The van der Waals surface area contributed by atoms with Gasteiger partial charge in [-0.15, -0.1) is 10.2 Å². The zero-order chi connectivity index (χ0) is 22.8. The molecular formula is C24H18ClFN6O. The van der Waals surface area contributed by atoms with E-state index in [9.17, 15) is 9.18 Å². The van der Waals surface area contributed by atoms with Gasteiger partial charge in [0, 0.05) is 29.6 Å². The van der Waals surface area contributed by atoms with Crippen molar-refractivity contribution in [2.24, 2.45) is 0 Å². The monoisotopic (exact) mass is 460 g/mol. The number of hydrogen-bond acceptors (Lipinski definition) is 4. The number of benzene rings is 3.